The Morgan fingerprint density at radius 2 is 1.90 bits per heavy atom. The van der Waals surface area contributed by atoms with Crippen molar-refractivity contribution in [2.45, 2.75) is 51.9 Å². The summed E-state index contributed by atoms with van der Waals surface area (Å²) in [4.78, 5) is 30.9. The van der Waals surface area contributed by atoms with E-state index >= 15 is 0 Å². The molecule has 1 amide bonds. The average molecular weight is 423 g/mol. The topological polar surface area (TPSA) is 74.2 Å². The molecule has 7 heteroatoms. The smallest absolute Gasteiger partial charge is 0.222 e. The number of aromatic nitrogens is 3. The predicted molar refractivity (Wildman–Crippen MR) is 122 cm³/mol. The van der Waals surface area contributed by atoms with Crippen molar-refractivity contribution in [2.75, 3.05) is 38.0 Å². The predicted octanol–water partition coefficient (Wildman–Crippen LogP) is 3.75. The minimum Gasteiger partial charge on any atom is -0.343 e. The Labute approximate surface area is 185 Å². The Bertz CT molecular complexity index is 872. The molecule has 2 aromatic rings. The maximum atomic E-state index is 12.8. The molecule has 0 atom stereocenters. The van der Waals surface area contributed by atoms with Gasteiger partial charge in [-0.05, 0) is 69.8 Å². The van der Waals surface area contributed by atoms with E-state index in [1.54, 1.807) is 12.4 Å². The van der Waals surface area contributed by atoms with Crippen LogP contribution < -0.4 is 5.32 Å². The summed E-state index contributed by atoms with van der Waals surface area (Å²) >= 11 is 0. The van der Waals surface area contributed by atoms with Gasteiger partial charge in [-0.1, -0.05) is 13.0 Å². The molecule has 0 bridgehead atoms. The number of pyridine rings is 1. The van der Waals surface area contributed by atoms with Crippen LogP contribution in [0.15, 0.2) is 30.7 Å². The first-order valence-electron chi connectivity index (χ1n) is 11.6. The third-order valence-corrected chi connectivity index (χ3v) is 6.79. The summed E-state index contributed by atoms with van der Waals surface area (Å²) in [6.07, 6.45) is 10.3. The summed E-state index contributed by atoms with van der Waals surface area (Å²) in [5.41, 5.74) is 2.07. The third kappa shape index (κ3) is 5.58. The SMILES string of the molecule is CCN1CCC(CC(=O)N2CCC(c3cncc(Nc4ncccc4C)n3)CC2)CC1. The maximum Gasteiger partial charge on any atom is 0.222 e. The van der Waals surface area contributed by atoms with Crippen molar-refractivity contribution in [3.05, 3.63) is 42.0 Å². The second-order valence-corrected chi connectivity index (χ2v) is 8.86. The number of carbonyl (C=O) groups excluding carboxylic acids is 1. The molecular formula is C24H34N6O. The zero-order valence-corrected chi connectivity index (χ0v) is 18.8. The number of likely N-dealkylation sites (tertiary alicyclic amines) is 2. The zero-order chi connectivity index (χ0) is 21.6. The fourth-order valence-electron chi connectivity index (χ4n) is 4.68. The lowest BCUT2D eigenvalue weighted by Crippen LogP contribution is -2.40. The highest BCUT2D eigenvalue weighted by Crippen LogP contribution is 2.29. The Kier molecular flexibility index (Phi) is 7.12. The van der Waals surface area contributed by atoms with Gasteiger partial charge in [0.2, 0.25) is 5.91 Å². The van der Waals surface area contributed by atoms with Crippen LogP contribution in [0.2, 0.25) is 0 Å². The maximum absolute atomic E-state index is 12.8. The van der Waals surface area contributed by atoms with Crippen molar-refractivity contribution in [3.8, 4) is 0 Å². The molecule has 4 rings (SSSR count). The van der Waals surface area contributed by atoms with Crippen LogP contribution in [-0.4, -0.2) is 63.4 Å². The van der Waals surface area contributed by atoms with Gasteiger partial charge in [0.1, 0.15) is 11.6 Å². The standard InChI is InChI=1S/C24H34N6O/c1-3-29-11-6-19(7-12-29)15-23(31)30-13-8-20(9-14-30)21-16-25-17-22(27-21)28-24-18(2)5-4-10-26-24/h4-5,10,16-17,19-20H,3,6-9,11-15H2,1-2H3,(H,26,27,28). The van der Waals surface area contributed by atoms with Gasteiger partial charge in [0, 0.05) is 37.8 Å². The first-order chi connectivity index (χ1) is 15.1. The van der Waals surface area contributed by atoms with E-state index in [0.29, 0.717) is 24.2 Å². The number of piperidine rings is 2. The van der Waals surface area contributed by atoms with E-state index in [9.17, 15) is 4.79 Å². The lowest BCUT2D eigenvalue weighted by molar-refractivity contribution is -0.133. The van der Waals surface area contributed by atoms with Crippen LogP contribution in [0.5, 0.6) is 0 Å². The molecule has 7 nitrogen and oxygen atoms in total. The van der Waals surface area contributed by atoms with Gasteiger partial charge in [-0.3, -0.25) is 9.78 Å². The molecule has 0 radical (unpaired) electrons. The van der Waals surface area contributed by atoms with Crippen LogP contribution in [0.4, 0.5) is 11.6 Å². The van der Waals surface area contributed by atoms with Crippen molar-refractivity contribution in [1.29, 1.82) is 0 Å². The summed E-state index contributed by atoms with van der Waals surface area (Å²) in [6.45, 7) is 9.26. The number of anilines is 2. The molecule has 2 aliphatic rings. The number of hydrogen-bond donors (Lipinski definition) is 1. The molecule has 2 aromatic heterocycles. The fraction of sp³-hybridized carbons (Fsp3) is 0.583. The van der Waals surface area contributed by atoms with Gasteiger partial charge < -0.3 is 15.1 Å². The van der Waals surface area contributed by atoms with E-state index in [4.69, 9.17) is 4.98 Å². The van der Waals surface area contributed by atoms with Crippen molar-refractivity contribution in [3.63, 3.8) is 0 Å². The van der Waals surface area contributed by atoms with Crippen LogP contribution in [0.3, 0.4) is 0 Å². The second kappa shape index (κ2) is 10.2. The molecule has 166 valence electrons. The van der Waals surface area contributed by atoms with Gasteiger partial charge in [-0.2, -0.15) is 0 Å². The Balaban J connectivity index is 1.29. The molecule has 0 saturated carbocycles. The zero-order valence-electron chi connectivity index (χ0n) is 18.8. The molecule has 0 spiro atoms. The van der Waals surface area contributed by atoms with Crippen LogP contribution in [-0.2, 0) is 4.79 Å². The van der Waals surface area contributed by atoms with Gasteiger partial charge in [-0.25, -0.2) is 9.97 Å². The molecular weight excluding hydrogens is 388 g/mol. The number of rotatable bonds is 6. The lowest BCUT2D eigenvalue weighted by atomic mass is 9.91. The van der Waals surface area contributed by atoms with Crippen molar-refractivity contribution in [2.24, 2.45) is 5.92 Å². The van der Waals surface area contributed by atoms with Gasteiger partial charge in [0.25, 0.3) is 0 Å². The van der Waals surface area contributed by atoms with Gasteiger partial charge >= 0.3 is 0 Å². The van der Waals surface area contributed by atoms with Gasteiger partial charge in [0.15, 0.2) is 0 Å². The van der Waals surface area contributed by atoms with E-state index in [-0.39, 0.29) is 0 Å². The van der Waals surface area contributed by atoms with Crippen molar-refractivity contribution < 1.29 is 4.79 Å². The summed E-state index contributed by atoms with van der Waals surface area (Å²) in [5.74, 6) is 2.75. The number of nitrogens with zero attached hydrogens (tertiary/aromatic N) is 5. The largest absolute Gasteiger partial charge is 0.343 e. The molecule has 31 heavy (non-hydrogen) atoms. The number of amides is 1. The van der Waals surface area contributed by atoms with Gasteiger partial charge in [0.05, 0.1) is 11.9 Å². The molecule has 2 fully saturated rings. The Hall–Kier alpha value is -2.54. The Morgan fingerprint density at radius 1 is 1.13 bits per heavy atom. The van der Waals surface area contributed by atoms with E-state index in [2.05, 4.69) is 32.0 Å². The lowest BCUT2D eigenvalue weighted by Gasteiger charge is -2.35. The highest BCUT2D eigenvalue weighted by atomic mass is 16.2. The monoisotopic (exact) mass is 422 g/mol. The summed E-state index contributed by atoms with van der Waals surface area (Å²) in [7, 11) is 0. The summed E-state index contributed by atoms with van der Waals surface area (Å²) in [6, 6.07) is 3.94. The summed E-state index contributed by atoms with van der Waals surface area (Å²) in [5, 5.41) is 3.28. The molecule has 4 heterocycles. The molecule has 2 aliphatic heterocycles. The normalized spacial score (nSPS) is 18.8. The molecule has 2 saturated heterocycles. The highest BCUT2D eigenvalue weighted by molar-refractivity contribution is 5.76. The fourth-order valence-corrected chi connectivity index (χ4v) is 4.68. The van der Waals surface area contributed by atoms with Crippen LogP contribution in [0.1, 0.15) is 56.2 Å². The van der Waals surface area contributed by atoms with E-state index in [1.165, 1.54) is 0 Å². The molecule has 0 aliphatic carbocycles. The number of carbonyl (C=O) groups is 1. The molecule has 0 unspecified atom stereocenters. The molecule has 0 aromatic carbocycles. The van der Waals surface area contributed by atoms with Crippen LogP contribution in [0, 0.1) is 12.8 Å². The minimum absolute atomic E-state index is 0.334. The number of hydrogen-bond acceptors (Lipinski definition) is 6. The van der Waals surface area contributed by atoms with E-state index in [1.807, 2.05) is 25.3 Å². The highest BCUT2D eigenvalue weighted by Gasteiger charge is 2.27. The minimum atomic E-state index is 0.334. The Morgan fingerprint density at radius 3 is 2.61 bits per heavy atom. The van der Waals surface area contributed by atoms with Gasteiger partial charge in [-0.15, -0.1) is 0 Å². The summed E-state index contributed by atoms with van der Waals surface area (Å²) < 4.78 is 0. The third-order valence-electron chi connectivity index (χ3n) is 6.79. The van der Waals surface area contributed by atoms with Crippen LogP contribution in [0.25, 0.3) is 0 Å². The molecule has 1 N–H and O–H groups in total. The first kappa shape index (κ1) is 21.7. The van der Waals surface area contributed by atoms with Crippen LogP contribution >= 0.6 is 0 Å². The number of nitrogens with one attached hydrogen (secondary N) is 1. The van der Waals surface area contributed by atoms with Crippen molar-refractivity contribution >= 4 is 17.5 Å². The first-order valence-corrected chi connectivity index (χ1v) is 11.6. The van der Waals surface area contributed by atoms with E-state index in [0.717, 1.165) is 81.3 Å². The van der Waals surface area contributed by atoms with E-state index < -0.39 is 0 Å². The average Bonchev–Trinajstić information content (AvgIpc) is 2.81. The number of aryl methyl sites for hydroxylation is 1. The van der Waals surface area contributed by atoms with Crippen molar-refractivity contribution in [1.82, 2.24) is 24.8 Å². The quantitative estimate of drug-likeness (QED) is 0.764. The second-order valence-electron chi connectivity index (χ2n) is 8.86.